The molecular formula is C26H32O14. The second-order valence-corrected chi connectivity index (χ2v) is 10.0. The maximum Gasteiger partial charge on any atom is 0.339 e. The summed E-state index contributed by atoms with van der Waals surface area (Å²) in [5.41, 5.74) is -4.16. The lowest BCUT2D eigenvalue weighted by Gasteiger charge is -2.46. The van der Waals surface area contributed by atoms with Crippen LogP contribution in [0, 0.1) is 5.92 Å². The highest BCUT2D eigenvalue weighted by Crippen LogP contribution is 2.53. The zero-order chi connectivity index (χ0) is 29.4. The van der Waals surface area contributed by atoms with Crippen molar-refractivity contribution in [2.24, 2.45) is 5.92 Å². The number of carbonyl (C=O) groups is 2. The van der Waals surface area contributed by atoms with Crippen molar-refractivity contribution in [3.63, 3.8) is 0 Å². The Morgan fingerprint density at radius 3 is 2.38 bits per heavy atom. The molecule has 0 unspecified atom stereocenters. The summed E-state index contributed by atoms with van der Waals surface area (Å²) in [5.74, 6) is -3.38. The third kappa shape index (κ3) is 5.44. The van der Waals surface area contributed by atoms with Gasteiger partial charge < -0.3 is 59.4 Å². The van der Waals surface area contributed by atoms with E-state index < -0.39 is 90.8 Å². The van der Waals surface area contributed by atoms with Gasteiger partial charge in [0, 0.05) is 12.5 Å². The minimum Gasteiger partial charge on any atom is -0.508 e. The van der Waals surface area contributed by atoms with Crippen molar-refractivity contribution in [1.82, 2.24) is 0 Å². The molecule has 40 heavy (non-hydrogen) atoms. The van der Waals surface area contributed by atoms with Crippen LogP contribution in [0.2, 0.25) is 0 Å². The number of ether oxygens (including phenoxy) is 5. The van der Waals surface area contributed by atoms with Crippen LogP contribution in [-0.2, 0) is 33.3 Å². The number of fused-ring (bicyclic) bond motifs is 1. The number of carbonyl (C=O) groups excluding carboxylic acids is 2. The number of aliphatic hydroxyl groups excluding tert-OH is 4. The fourth-order valence-corrected chi connectivity index (χ4v) is 5.24. The van der Waals surface area contributed by atoms with Gasteiger partial charge in [-0.05, 0) is 30.7 Å². The molecule has 4 rings (SSSR count). The van der Waals surface area contributed by atoms with E-state index in [1.54, 1.807) is 12.1 Å². The van der Waals surface area contributed by atoms with Crippen molar-refractivity contribution in [1.29, 1.82) is 0 Å². The smallest absolute Gasteiger partial charge is 0.339 e. The molecule has 3 aliphatic rings. The largest absolute Gasteiger partial charge is 0.508 e. The van der Waals surface area contributed by atoms with E-state index >= 15 is 0 Å². The van der Waals surface area contributed by atoms with E-state index in [4.69, 9.17) is 23.7 Å². The molecule has 1 aliphatic carbocycles. The van der Waals surface area contributed by atoms with E-state index in [9.17, 15) is 45.3 Å². The number of hydrogen-bond acceptors (Lipinski definition) is 14. The van der Waals surface area contributed by atoms with Crippen LogP contribution < -0.4 is 0 Å². The highest BCUT2D eigenvalue weighted by Gasteiger charge is 2.69. The van der Waals surface area contributed by atoms with Gasteiger partial charge in [-0.2, -0.15) is 0 Å². The van der Waals surface area contributed by atoms with Crippen LogP contribution in [0.15, 0.2) is 42.2 Å². The Morgan fingerprint density at radius 1 is 1.07 bits per heavy atom. The summed E-state index contributed by atoms with van der Waals surface area (Å²) in [6, 6.07) is 5.94. The summed E-state index contributed by atoms with van der Waals surface area (Å²) in [6.07, 6.45) is -8.50. The number of esters is 2. The number of phenolic OH excluding ortho intramolecular Hbond substituents is 1. The Balaban J connectivity index is 1.60. The van der Waals surface area contributed by atoms with Gasteiger partial charge >= 0.3 is 11.9 Å². The van der Waals surface area contributed by atoms with Gasteiger partial charge in [0.2, 0.25) is 6.29 Å². The predicted octanol–water partition coefficient (Wildman–Crippen LogP) is -1.95. The fraction of sp³-hybridized carbons (Fsp3) is 0.538. The molecular weight excluding hydrogens is 536 g/mol. The summed E-state index contributed by atoms with van der Waals surface area (Å²) in [6.45, 7) is 0.494. The SMILES string of the molecule is COC(=O)C1=CO[C@@H](O[C@@H]2O[C@H](CO)[C@@H](O)[C@H](O)[C@H]2O)[C@@H]2[C@@](C)(O)[C@@H](OC(=O)/C=C\c3ccc(O)cc3)C[C@]12O. The lowest BCUT2D eigenvalue weighted by atomic mass is 9.77. The van der Waals surface area contributed by atoms with Crippen molar-refractivity contribution in [2.45, 2.75) is 67.6 Å². The second-order valence-electron chi connectivity index (χ2n) is 10.0. The van der Waals surface area contributed by atoms with Gasteiger partial charge in [0.25, 0.3) is 0 Å². The van der Waals surface area contributed by atoms with Gasteiger partial charge in [0.05, 0.1) is 25.9 Å². The Labute approximate surface area is 228 Å². The summed E-state index contributed by atoms with van der Waals surface area (Å²) in [7, 11) is 1.07. The van der Waals surface area contributed by atoms with Gasteiger partial charge in [-0.25, -0.2) is 9.59 Å². The first-order valence-corrected chi connectivity index (χ1v) is 12.4. The molecule has 10 atom stereocenters. The van der Waals surface area contributed by atoms with Crippen LogP contribution in [-0.4, -0.2) is 116 Å². The summed E-state index contributed by atoms with van der Waals surface area (Å²) in [4.78, 5) is 25.1. The van der Waals surface area contributed by atoms with Gasteiger partial charge in [-0.3, -0.25) is 0 Å². The summed E-state index contributed by atoms with van der Waals surface area (Å²) < 4.78 is 26.7. The maximum atomic E-state index is 12.6. The highest BCUT2D eigenvalue weighted by atomic mass is 16.8. The first kappa shape index (κ1) is 29.9. The first-order valence-electron chi connectivity index (χ1n) is 12.4. The predicted molar refractivity (Wildman–Crippen MR) is 131 cm³/mol. The lowest BCUT2D eigenvalue weighted by molar-refractivity contribution is -0.352. The van der Waals surface area contributed by atoms with E-state index in [1.165, 1.54) is 25.1 Å². The van der Waals surface area contributed by atoms with Crippen LogP contribution in [0.5, 0.6) is 5.75 Å². The zero-order valence-corrected chi connectivity index (χ0v) is 21.6. The monoisotopic (exact) mass is 568 g/mol. The standard InChI is InChI=1S/C26H32O14/c1-25(34)16(39-17(29)8-5-12-3-6-13(28)7-4-12)9-26(35)14(22(33)36-2)11-37-24(21(25)26)40-23-20(32)19(31)18(30)15(10-27)38-23/h3-8,11,15-16,18-21,23-24,27-28,30-32,34-35H,9-10H2,1-2H3/b8-5-/t15-,16+,18-,19+,20-,21-,23+,24+,25+,26+/m1/s1. The molecule has 2 aliphatic heterocycles. The molecule has 1 saturated carbocycles. The molecule has 14 heteroatoms. The van der Waals surface area contributed by atoms with Gasteiger partial charge in [-0.15, -0.1) is 0 Å². The third-order valence-electron chi connectivity index (χ3n) is 7.44. The molecule has 2 fully saturated rings. The topological polar surface area (TPSA) is 222 Å². The van der Waals surface area contributed by atoms with Crippen LogP contribution >= 0.6 is 0 Å². The Morgan fingerprint density at radius 2 is 1.75 bits per heavy atom. The molecule has 0 radical (unpaired) electrons. The second kappa shape index (κ2) is 11.4. The van der Waals surface area contributed by atoms with Crippen LogP contribution in [0.25, 0.3) is 6.08 Å². The molecule has 1 saturated heterocycles. The van der Waals surface area contributed by atoms with Gasteiger partial charge in [0.1, 0.15) is 53.0 Å². The molecule has 1 aromatic rings. The van der Waals surface area contributed by atoms with Gasteiger partial charge in [-0.1, -0.05) is 12.1 Å². The van der Waals surface area contributed by atoms with Crippen molar-refractivity contribution in [2.75, 3.05) is 13.7 Å². The zero-order valence-electron chi connectivity index (χ0n) is 21.6. The lowest BCUT2D eigenvalue weighted by Crippen LogP contribution is -2.62. The average molecular weight is 569 g/mol. The molecule has 2 heterocycles. The van der Waals surface area contributed by atoms with E-state index in [-0.39, 0.29) is 5.75 Å². The molecule has 14 nitrogen and oxygen atoms in total. The number of aromatic hydroxyl groups is 1. The van der Waals surface area contributed by atoms with E-state index in [0.29, 0.717) is 5.56 Å². The average Bonchev–Trinajstić information content (AvgIpc) is 3.13. The van der Waals surface area contributed by atoms with Crippen molar-refractivity contribution in [3.8, 4) is 5.75 Å². The number of methoxy groups -OCH3 is 1. The Bertz CT molecular complexity index is 1140. The molecule has 220 valence electrons. The normalized spacial score (nSPS) is 39.2. The number of phenols is 1. The van der Waals surface area contributed by atoms with Crippen molar-refractivity contribution >= 4 is 18.0 Å². The van der Waals surface area contributed by atoms with E-state index in [2.05, 4.69) is 0 Å². The Kier molecular flexibility index (Phi) is 8.54. The van der Waals surface area contributed by atoms with Gasteiger partial charge in [0.15, 0.2) is 6.29 Å². The van der Waals surface area contributed by atoms with E-state index in [0.717, 1.165) is 19.4 Å². The van der Waals surface area contributed by atoms with Crippen LogP contribution in [0.3, 0.4) is 0 Å². The third-order valence-corrected chi connectivity index (χ3v) is 7.44. The number of benzene rings is 1. The summed E-state index contributed by atoms with van der Waals surface area (Å²) in [5, 5.41) is 72.7. The Hall–Kier alpha value is -3.08. The number of aliphatic hydroxyl groups is 6. The van der Waals surface area contributed by atoms with Crippen LogP contribution in [0.4, 0.5) is 0 Å². The maximum absolute atomic E-state index is 12.6. The molecule has 1 aromatic carbocycles. The molecule has 0 spiro atoms. The quantitative estimate of drug-likeness (QED) is 0.140. The molecule has 0 bridgehead atoms. The minimum atomic E-state index is -2.22. The molecule has 0 amide bonds. The fourth-order valence-electron chi connectivity index (χ4n) is 5.24. The number of rotatable bonds is 7. The van der Waals surface area contributed by atoms with Crippen molar-refractivity contribution in [3.05, 3.63) is 47.7 Å². The molecule has 0 aromatic heterocycles. The molecule has 7 N–H and O–H groups in total. The first-order chi connectivity index (χ1) is 18.8. The van der Waals surface area contributed by atoms with Crippen molar-refractivity contribution < 1.29 is 69.0 Å². The highest BCUT2D eigenvalue weighted by molar-refractivity contribution is 5.91. The number of hydrogen-bond donors (Lipinski definition) is 7. The van der Waals surface area contributed by atoms with Crippen LogP contribution in [0.1, 0.15) is 18.9 Å². The van der Waals surface area contributed by atoms with E-state index in [1.807, 2.05) is 0 Å². The summed E-state index contributed by atoms with van der Waals surface area (Å²) >= 11 is 0. The minimum absolute atomic E-state index is 0.0368.